The summed E-state index contributed by atoms with van der Waals surface area (Å²) >= 11 is 0. The summed E-state index contributed by atoms with van der Waals surface area (Å²) in [5, 5.41) is 10.9. The van der Waals surface area contributed by atoms with E-state index in [-0.39, 0.29) is 22.9 Å². The van der Waals surface area contributed by atoms with E-state index in [1.807, 2.05) is 0 Å². The van der Waals surface area contributed by atoms with Crippen LogP contribution >= 0.6 is 0 Å². The largest absolute Gasteiger partial charge is 0.315 e. The molecular weight excluding hydrogens is 250 g/mol. The molecule has 1 amide bonds. The van der Waals surface area contributed by atoms with Gasteiger partial charge in [-0.2, -0.15) is 0 Å². The molecule has 0 aromatic carbocycles. The van der Waals surface area contributed by atoms with Gasteiger partial charge in [0.1, 0.15) is 6.21 Å². The number of rotatable bonds is 2. The zero-order valence-corrected chi connectivity index (χ0v) is 9.35. The molecule has 0 bridgehead atoms. The number of amides is 1. The van der Waals surface area contributed by atoms with Gasteiger partial charge in [-0.15, -0.1) is 0 Å². The zero-order valence-electron chi connectivity index (χ0n) is 9.35. The Balaban J connectivity index is 2.15. The first kappa shape index (κ1) is 11.1. The molecule has 2 aliphatic heterocycles. The van der Waals surface area contributed by atoms with E-state index in [0.717, 1.165) is 6.21 Å². The standard InChI is InChI=1S/C11H5N5O3/c17-11-9-8(7(5-13-11)16(18)19)14-10(15-9)6-1-3-12-4-2-6/h1-5H. The molecule has 0 fully saturated rings. The lowest BCUT2D eigenvalue weighted by atomic mass is 10.2. The van der Waals surface area contributed by atoms with Crippen molar-refractivity contribution in [2.24, 2.45) is 15.0 Å². The monoisotopic (exact) mass is 255 g/mol. The average Bonchev–Trinajstić information content (AvgIpc) is 2.85. The predicted octanol–water partition coefficient (Wildman–Crippen LogP) is 0.382. The fourth-order valence-electron chi connectivity index (χ4n) is 1.68. The van der Waals surface area contributed by atoms with Crippen molar-refractivity contribution in [3.05, 3.63) is 51.6 Å². The van der Waals surface area contributed by atoms with E-state index >= 15 is 0 Å². The first-order chi connectivity index (χ1) is 9.16. The normalized spacial score (nSPS) is 17.2. The lowest BCUT2D eigenvalue weighted by molar-refractivity contribution is -0.415. The van der Waals surface area contributed by atoms with Crippen molar-refractivity contribution in [3.8, 4) is 0 Å². The quantitative estimate of drug-likeness (QED) is 0.561. The van der Waals surface area contributed by atoms with Crippen molar-refractivity contribution >= 4 is 23.7 Å². The topological polar surface area (TPSA) is 110 Å². The molecule has 8 heteroatoms. The molecule has 0 aliphatic carbocycles. The van der Waals surface area contributed by atoms with Crippen molar-refractivity contribution < 1.29 is 9.72 Å². The third kappa shape index (κ3) is 1.75. The van der Waals surface area contributed by atoms with Crippen LogP contribution in [0.4, 0.5) is 0 Å². The number of nitro groups is 1. The van der Waals surface area contributed by atoms with E-state index in [0.29, 0.717) is 5.56 Å². The van der Waals surface area contributed by atoms with Crippen molar-refractivity contribution in [1.82, 2.24) is 4.98 Å². The van der Waals surface area contributed by atoms with E-state index in [1.54, 1.807) is 24.5 Å². The van der Waals surface area contributed by atoms with Crippen molar-refractivity contribution in [1.29, 1.82) is 0 Å². The van der Waals surface area contributed by atoms with Crippen LogP contribution in [-0.2, 0) is 4.79 Å². The fraction of sp³-hybridized carbons (Fsp3) is 0. The highest BCUT2D eigenvalue weighted by Crippen LogP contribution is 2.21. The summed E-state index contributed by atoms with van der Waals surface area (Å²) in [5.41, 5.74) is 0.153. The van der Waals surface area contributed by atoms with Crippen LogP contribution in [0.3, 0.4) is 0 Å². The second-order valence-electron chi connectivity index (χ2n) is 3.69. The SMILES string of the molecule is O=C1N=CC([N+](=O)[O-])=C2N=C(c3ccncc3)N=C12. The third-order valence-corrected chi connectivity index (χ3v) is 2.54. The van der Waals surface area contributed by atoms with Gasteiger partial charge in [-0.3, -0.25) is 19.9 Å². The molecule has 3 heterocycles. The van der Waals surface area contributed by atoms with Gasteiger partial charge in [0.2, 0.25) is 0 Å². The highest BCUT2D eigenvalue weighted by Gasteiger charge is 2.34. The smallest absolute Gasteiger partial charge is 0.265 e. The number of dihydropyridines is 1. The Kier molecular flexibility index (Phi) is 2.34. The maximum absolute atomic E-state index is 11.5. The van der Waals surface area contributed by atoms with Crippen LogP contribution in [0.15, 0.2) is 50.9 Å². The number of aliphatic imine (C=N–C) groups is 3. The Morgan fingerprint density at radius 3 is 2.58 bits per heavy atom. The summed E-state index contributed by atoms with van der Waals surface area (Å²) in [7, 11) is 0. The summed E-state index contributed by atoms with van der Waals surface area (Å²) in [6, 6.07) is 3.30. The van der Waals surface area contributed by atoms with Gasteiger partial charge in [0, 0.05) is 18.0 Å². The van der Waals surface area contributed by atoms with Gasteiger partial charge in [0.15, 0.2) is 17.2 Å². The molecular formula is C11H5N5O3. The number of nitrogens with zero attached hydrogens (tertiary/aromatic N) is 5. The van der Waals surface area contributed by atoms with Gasteiger partial charge < -0.3 is 0 Å². The summed E-state index contributed by atoms with van der Waals surface area (Å²) in [5.74, 6) is -0.390. The van der Waals surface area contributed by atoms with Crippen LogP contribution in [0.25, 0.3) is 0 Å². The maximum atomic E-state index is 11.5. The Bertz CT molecular complexity index is 715. The lowest BCUT2D eigenvalue weighted by Gasteiger charge is -2.01. The Morgan fingerprint density at radius 1 is 1.16 bits per heavy atom. The van der Waals surface area contributed by atoms with Crippen LogP contribution in [-0.4, -0.2) is 33.6 Å². The van der Waals surface area contributed by atoms with Gasteiger partial charge in [-0.25, -0.2) is 15.0 Å². The van der Waals surface area contributed by atoms with Crippen molar-refractivity contribution in [3.63, 3.8) is 0 Å². The Hall–Kier alpha value is -3.03. The number of carbonyl (C=O) groups excluding carboxylic acids is 1. The average molecular weight is 255 g/mol. The van der Waals surface area contributed by atoms with Gasteiger partial charge in [-0.1, -0.05) is 0 Å². The molecule has 0 radical (unpaired) electrons. The molecule has 0 atom stereocenters. The minimum atomic E-state index is -0.639. The van der Waals surface area contributed by atoms with E-state index in [9.17, 15) is 14.9 Å². The lowest BCUT2D eigenvalue weighted by Crippen LogP contribution is -2.21. The molecule has 2 aliphatic rings. The zero-order chi connectivity index (χ0) is 13.4. The van der Waals surface area contributed by atoms with Crippen molar-refractivity contribution in [2.45, 2.75) is 0 Å². The van der Waals surface area contributed by atoms with Gasteiger partial charge >= 0.3 is 5.70 Å². The summed E-state index contributed by atoms with van der Waals surface area (Å²) in [6.45, 7) is 0. The maximum Gasteiger partial charge on any atom is 0.315 e. The molecule has 0 spiro atoms. The predicted molar refractivity (Wildman–Crippen MR) is 65.7 cm³/mol. The summed E-state index contributed by atoms with van der Waals surface area (Å²) in [6.07, 6.45) is 3.98. The molecule has 0 saturated heterocycles. The third-order valence-electron chi connectivity index (χ3n) is 2.54. The number of allylic oxidation sites excluding steroid dienone is 1. The minimum absolute atomic E-state index is 0.0446. The number of aromatic nitrogens is 1. The molecule has 1 aromatic rings. The molecule has 92 valence electrons. The molecule has 0 unspecified atom stereocenters. The van der Waals surface area contributed by atoms with Crippen molar-refractivity contribution in [2.75, 3.05) is 0 Å². The van der Waals surface area contributed by atoms with Crippen LogP contribution < -0.4 is 0 Å². The molecule has 0 saturated carbocycles. The van der Waals surface area contributed by atoms with Crippen LogP contribution in [0, 0.1) is 10.1 Å². The Labute approximate surface area is 106 Å². The minimum Gasteiger partial charge on any atom is -0.265 e. The molecule has 0 N–H and O–H groups in total. The number of amidine groups is 1. The van der Waals surface area contributed by atoms with E-state index in [2.05, 4.69) is 20.0 Å². The summed E-state index contributed by atoms with van der Waals surface area (Å²) < 4.78 is 0. The van der Waals surface area contributed by atoms with Crippen LogP contribution in [0.1, 0.15) is 5.56 Å². The molecule has 8 nitrogen and oxygen atoms in total. The number of pyridine rings is 1. The van der Waals surface area contributed by atoms with Crippen LogP contribution in [0.2, 0.25) is 0 Å². The number of fused-ring (bicyclic) bond motifs is 1. The number of hydrogen-bond donors (Lipinski definition) is 0. The van der Waals surface area contributed by atoms with E-state index in [4.69, 9.17) is 0 Å². The molecule has 1 aromatic heterocycles. The summed E-state index contributed by atoms with van der Waals surface area (Å²) in [4.78, 5) is 37.1. The van der Waals surface area contributed by atoms with Gasteiger partial charge in [-0.05, 0) is 12.1 Å². The molecule has 19 heavy (non-hydrogen) atoms. The van der Waals surface area contributed by atoms with Gasteiger partial charge in [0.05, 0.1) is 4.92 Å². The highest BCUT2D eigenvalue weighted by atomic mass is 16.6. The van der Waals surface area contributed by atoms with Gasteiger partial charge in [0.25, 0.3) is 5.91 Å². The molecule has 3 rings (SSSR count). The number of hydrogen-bond acceptors (Lipinski definition) is 6. The van der Waals surface area contributed by atoms with Crippen LogP contribution in [0.5, 0.6) is 0 Å². The van der Waals surface area contributed by atoms with E-state index < -0.39 is 10.8 Å². The first-order valence-electron chi connectivity index (χ1n) is 5.22. The fourth-order valence-corrected chi connectivity index (χ4v) is 1.68. The highest BCUT2D eigenvalue weighted by molar-refractivity contribution is 6.51. The first-order valence-corrected chi connectivity index (χ1v) is 5.22. The van der Waals surface area contributed by atoms with E-state index in [1.165, 1.54) is 0 Å². The number of carbonyl (C=O) groups is 1. The second-order valence-corrected chi connectivity index (χ2v) is 3.69. The Morgan fingerprint density at radius 2 is 1.89 bits per heavy atom. The second kappa shape index (κ2) is 4.02.